The van der Waals surface area contributed by atoms with Gasteiger partial charge in [-0.05, 0) is 31.5 Å². The van der Waals surface area contributed by atoms with Gasteiger partial charge in [-0.1, -0.05) is 30.4 Å². The van der Waals surface area contributed by atoms with Gasteiger partial charge in [0.05, 0.1) is 7.11 Å². The van der Waals surface area contributed by atoms with E-state index in [0.29, 0.717) is 13.1 Å². The molecule has 0 aliphatic heterocycles. The summed E-state index contributed by atoms with van der Waals surface area (Å²) in [4.78, 5) is 13.8. The molecule has 3 nitrogen and oxygen atoms in total. The largest absolute Gasteiger partial charge is 0.497 e. The quantitative estimate of drug-likeness (QED) is 0.580. The second kappa shape index (κ2) is 8.14. The Morgan fingerprint density at radius 1 is 1.26 bits per heavy atom. The molecule has 0 aliphatic carbocycles. The first-order valence-electron chi connectivity index (χ1n) is 6.42. The summed E-state index contributed by atoms with van der Waals surface area (Å²) in [6.07, 6.45) is 7.09. The van der Waals surface area contributed by atoms with Gasteiger partial charge >= 0.3 is 0 Å². The van der Waals surface area contributed by atoms with Crippen LogP contribution in [0.5, 0.6) is 5.75 Å². The van der Waals surface area contributed by atoms with Crippen LogP contribution in [-0.4, -0.2) is 24.5 Å². The SMILES string of the molecule is C/C=C/C=C/C(=O)N(CC)Cc1ccc(OC)cc1. The van der Waals surface area contributed by atoms with E-state index in [9.17, 15) is 4.79 Å². The maximum Gasteiger partial charge on any atom is 0.246 e. The van der Waals surface area contributed by atoms with Crippen LogP contribution in [0.4, 0.5) is 0 Å². The van der Waals surface area contributed by atoms with Crippen LogP contribution < -0.4 is 4.74 Å². The van der Waals surface area contributed by atoms with Gasteiger partial charge in [0.1, 0.15) is 5.75 Å². The average molecular weight is 259 g/mol. The van der Waals surface area contributed by atoms with Crippen molar-refractivity contribution in [2.45, 2.75) is 20.4 Å². The number of benzene rings is 1. The summed E-state index contributed by atoms with van der Waals surface area (Å²) >= 11 is 0. The molecule has 0 saturated carbocycles. The summed E-state index contributed by atoms with van der Waals surface area (Å²) in [6, 6.07) is 7.77. The molecule has 0 bridgehead atoms. The van der Waals surface area contributed by atoms with Gasteiger partial charge in [0.2, 0.25) is 5.91 Å². The van der Waals surface area contributed by atoms with Gasteiger partial charge < -0.3 is 9.64 Å². The van der Waals surface area contributed by atoms with Crippen molar-refractivity contribution in [1.29, 1.82) is 0 Å². The molecule has 1 aromatic rings. The molecule has 0 atom stereocenters. The molecule has 0 radical (unpaired) electrons. The summed E-state index contributed by atoms with van der Waals surface area (Å²) in [7, 11) is 1.64. The molecule has 0 heterocycles. The highest BCUT2D eigenvalue weighted by Crippen LogP contribution is 2.13. The van der Waals surface area contributed by atoms with E-state index in [0.717, 1.165) is 11.3 Å². The minimum Gasteiger partial charge on any atom is -0.497 e. The fourth-order valence-electron chi connectivity index (χ4n) is 1.65. The fraction of sp³-hybridized carbons (Fsp3) is 0.312. The van der Waals surface area contributed by atoms with E-state index < -0.39 is 0 Å². The molecule has 3 heteroatoms. The van der Waals surface area contributed by atoms with Crippen molar-refractivity contribution >= 4 is 5.91 Å². The average Bonchev–Trinajstić information content (AvgIpc) is 2.45. The predicted molar refractivity (Wildman–Crippen MR) is 78.0 cm³/mol. The Morgan fingerprint density at radius 2 is 1.95 bits per heavy atom. The van der Waals surface area contributed by atoms with Gasteiger partial charge in [0.15, 0.2) is 0 Å². The van der Waals surface area contributed by atoms with Gasteiger partial charge in [0.25, 0.3) is 0 Å². The Kier molecular flexibility index (Phi) is 6.44. The summed E-state index contributed by atoms with van der Waals surface area (Å²) in [5.41, 5.74) is 1.09. The van der Waals surface area contributed by atoms with Crippen molar-refractivity contribution in [3.8, 4) is 5.75 Å². The van der Waals surface area contributed by atoms with Gasteiger partial charge in [-0.2, -0.15) is 0 Å². The number of carbonyl (C=O) groups excluding carboxylic acids is 1. The minimum absolute atomic E-state index is 0.0245. The lowest BCUT2D eigenvalue weighted by molar-refractivity contribution is -0.126. The van der Waals surface area contributed by atoms with Crippen molar-refractivity contribution < 1.29 is 9.53 Å². The lowest BCUT2D eigenvalue weighted by atomic mass is 10.2. The van der Waals surface area contributed by atoms with E-state index in [-0.39, 0.29) is 5.91 Å². The number of allylic oxidation sites excluding steroid dienone is 3. The third-order valence-corrected chi connectivity index (χ3v) is 2.77. The number of carbonyl (C=O) groups is 1. The molecule has 0 N–H and O–H groups in total. The van der Waals surface area contributed by atoms with E-state index >= 15 is 0 Å². The van der Waals surface area contributed by atoms with Crippen LogP contribution in [0.1, 0.15) is 19.4 Å². The maximum atomic E-state index is 12.0. The molecule has 0 spiro atoms. The van der Waals surface area contributed by atoms with Crippen LogP contribution in [0.15, 0.2) is 48.6 Å². The first-order valence-corrected chi connectivity index (χ1v) is 6.42. The van der Waals surface area contributed by atoms with E-state index in [4.69, 9.17) is 4.74 Å². The summed E-state index contributed by atoms with van der Waals surface area (Å²) in [5.74, 6) is 0.850. The van der Waals surface area contributed by atoms with Gasteiger partial charge in [0, 0.05) is 19.2 Å². The van der Waals surface area contributed by atoms with Crippen LogP contribution in [-0.2, 0) is 11.3 Å². The van der Waals surface area contributed by atoms with Gasteiger partial charge in [-0.15, -0.1) is 0 Å². The second-order valence-electron chi connectivity index (χ2n) is 4.09. The van der Waals surface area contributed by atoms with E-state index in [1.54, 1.807) is 24.2 Å². The Balaban J connectivity index is 2.67. The lowest BCUT2D eigenvalue weighted by Gasteiger charge is -2.19. The van der Waals surface area contributed by atoms with Crippen molar-refractivity contribution in [2.24, 2.45) is 0 Å². The normalized spacial score (nSPS) is 11.1. The monoisotopic (exact) mass is 259 g/mol. The van der Waals surface area contributed by atoms with Crippen LogP contribution in [0, 0.1) is 0 Å². The molecule has 102 valence electrons. The fourth-order valence-corrected chi connectivity index (χ4v) is 1.65. The number of ether oxygens (including phenoxy) is 1. The highest BCUT2D eigenvalue weighted by molar-refractivity contribution is 5.87. The van der Waals surface area contributed by atoms with E-state index in [1.165, 1.54) is 0 Å². The number of nitrogens with zero attached hydrogens (tertiary/aromatic N) is 1. The number of likely N-dealkylation sites (N-methyl/N-ethyl adjacent to an activating group) is 1. The molecule has 0 aliphatic rings. The summed E-state index contributed by atoms with van der Waals surface area (Å²) in [6.45, 7) is 5.19. The third kappa shape index (κ3) is 5.00. The number of methoxy groups -OCH3 is 1. The number of hydrogen-bond acceptors (Lipinski definition) is 2. The molecular formula is C16H21NO2. The lowest BCUT2D eigenvalue weighted by Crippen LogP contribution is -2.28. The number of hydrogen-bond donors (Lipinski definition) is 0. The van der Waals surface area contributed by atoms with Gasteiger partial charge in [-0.25, -0.2) is 0 Å². The second-order valence-corrected chi connectivity index (χ2v) is 4.09. The highest BCUT2D eigenvalue weighted by Gasteiger charge is 2.08. The minimum atomic E-state index is 0.0245. The van der Waals surface area contributed by atoms with Crippen LogP contribution in [0.2, 0.25) is 0 Å². The molecule has 1 rings (SSSR count). The zero-order valence-corrected chi connectivity index (χ0v) is 11.8. The molecule has 1 aromatic carbocycles. The molecule has 0 aromatic heterocycles. The Bertz CT molecular complexity index is 446. The maximum absolute atomic E-state index is 12.0. The van der Waals surface area contributed by atoms with Gasteiger partial charge in [-0.3, -0.25) is 4.79 Å². The zero-order chi connectivity index (χ0) is 14.1. The first kappa shape index (κ1) is 15.0. The van der Waals surface area contributed by atoms with Crippen molar-refractivity contribution in [3.63, 3.8) is 0 Å². The Hall–Kier alpha value is -2.03. The number of amides is 1. The number of rotatable bonds is 6. The first-order chi connectivity index (χ1) is 9.21. The van der Waals surface area contributed by atoms with Crippen LogP contribution in [0.25, 0.3) is 0 Å². The molecular weight excluding hydrogens is 238 g/mol. The summed E-state index contributed by atoms with van der Waals surface area (Å²) in [5, 5.41) is 0. The predicted octanol–water partition coefficient (Wildman–Crippen LogP) is 3.18. The standard InChI is InChI=1S/C16H21NO2/c1-4-6-7-8-16(18)17(5-2)13-14-9-11-15(19-3)12-10-14/h4,6-12H,5,13H2,1-3H3/b6-4+,8-7+. The molecule has 0 unspecified atom stereocenters. The van der Waals surface area contributed by atoms with E-state index in [2.05, 4.69) is 0 Å². The van der Waals surface area contributed by atoms with Crippen LogP contribution >= 0.6 is 0 Å². The van der Waals surface area contributed by atoms with Crippen molar-refractivity contribution in [2.75, 3.05) is 13.7 Å². The van der Waals surface area contributed by atoms with Crippen molar-refractivity contribution in [3.05, 3.63) is 54.1 Å². The molecule has 19 heavy (non-hydrogen) atoms. The third-order valence-electron chi connectivity index (χ3n) is 2.77. The molecule has 0 fully saturated rings. The Labute approximate surface area is 115 Å². The smallest absolute Gasteiger partial charge is 0.246 e. The molecule has 1 amide bonds. The Morgan fingerprint density at radius 3 is 2.47 bits per heavy atom. The highest BCUT2D eigenvalue weighted by atomic mass is 16.5. The summed E-state index contributed by atoms with van der Waals surface area (Å²) < 4.78 is 5.11. The van der Waals surface area contributed by atoms with Crippen LogP contribution in [0.3, 0.4) is 0 Å². The molecule has 0 saturated heterocycles. The van der Waals surface area contributed by atoms with Crippen molar-refractivity contribution in [1.82, 2.24) is 4.90 Å². The van der Waals surface area contributed by atoms with E-state index in [1.807, 2.05) is 50.3 Å². The topological polar surface area (TPSA) is 29.5 Å². The zero-order valence-electron chi connectivity index (χ0n) is 11.8.